The van der Waals surface area contributed by atoms with Gasteiger partial charge < -0.3 is 18.9 Å². The topological polar surface area (TPSA) is 112 Å². The Morgan fingerprint density at radius 2 is 2.04 bits per heavy atom. The van der Waals surface area contributed by atoms with Gasteiger partial charge in [0.15, 0.2) is 18.0 Å². The Morgan fingerprint density at radius 1 is 1.38 bits per heavy atom. The number of carbonyl (C=O) groups excluding carboxylic acids is 3. The molecule has 8 heteroatoms. The molecule has 2 heterocycles. The molecule has 0 N–H and O–H groups in total. The molecule has 0 aromatic carbocycles. The van der Waals surface area contributed by atoms with Crippen molar-refractivity contribution in [1.82, 2.24) is 0 Å². The fourth-order valence-corrected chi connectivity index (χ4v) is 2.70. The minimum atomic E-state index is -1.40. The quantitative estimate of drug-likeness (QED) is 0.518. The molecule has 2 aliphatic heterocycles. The number of carbonyl (C=O) groups is 3. The lowest BCUT2D eigenvalue weighted by Crippen LogP contribution is -2.40. The number of ether oxygens (including phenoxy) is 4. The van der Waals surface area contributed by atoms with Crippen LogP contribution in [0, 0.1) is 16.7 Å². The predicted octanol–water partition coefficient (Wildman–Crippen LogP) is 0.874. The van der Waals surface area contributed by atoms with Gasteiger partial charge in [0.25, 0.3) is 0 Å². The van der Waals surface area contributed by atoms with Crippen LogP contribution in [0.15, 0.2) is 0 Å². The van der Waals surface area contributed by atoms with Crippen LogP contribution in [0.1, 0.15) is 40.5 Å². The fraction of sp³-hybridized carbons (Fsp3) is 0.750. The highest BCUT2D eigenvalue weighted by molar-refractivity contribution is 6.02. The number of nitriles is 1. The summed E-state index contributed by atoms with van der Waals surface area (Å²) in [5.74, 6) is -2.61. The van der Waals surface area contributed by atoms with Gasteiger partial charge in [0.05, 0.1) is 6.07 Å². The van der Waals surface area contributed by atoms with E-state index >= 15 is 0 Å². The first kappa shape index (κ1) is 18.4. The third-order valence-corrected chi connectivity index (χ3v) is 4.34. The summed E-state index contributed by atoms with van der Waals surface area (Å²) >= 11 is 0. The highest BCUT2D eigenvalue weighted by Gasteiger charge is 2.56. The molecule has 0 aliphatic carbocycles. The normalized spacial score (nSPS) is 30.0. The molecule has 0 amide bonds. The fourth-order valence-electron chi connectivity index (χ4n) is 2.70. The number of cyclic esters (lactones) is 1. The van der Waals surface area contributed by atoms with Crippen LogP contribution in [0.2, 0.25) is 0 Å². The molecule has 132 valence electrons. The van der Waals surface area contributed by atoms with Gasteiger partial charge in [-0.05, 0) is 34.1 Å². The Morgan fingerprint density at radius 3 is 2.62 bits per heavy atom. The maximum absolute atomic E-state index is 12.3. The lowest BCUT2D eigenvalue weighted by atomic mass is 9.82. The standard InChI is InChI=1S/C16H21NO7/c1-9(18)16(4,6-5-7-17)14(20)21-8-10-11-12(13(19)22-10)24-15(2,3)23-11/h10-12H,5-6,8H2,1-4H3/t10-,11-,12-,16+/m1/s1. The molecule has 2 rings (SSSR count). The Balaban J connectivity index is 2.00. The second kappa shape index (κ2) is 6.49. The molecule has 0 saturated carbocycles. The summed E-state index contributed by atoms with van der Waals surface area (Å²) in [5, 5.41) is 8.68. The van der Waals surface area contributed by atoms with Crippen molar-refractivity contribution >= 4 is 17.7 Å². The molecule has 0 aromatic rings. The van der Waals surface area contributed by atoms with E-state index < -0.39 is 41.5 Å². The molecule has 0 unspecified atom stereocenters. The summed E-state index contributed by atoms with van der Waals surface area (Å²) in [5.41, 5.74) is -1.40. The van der Waals surface area contributed by atoms with Crippen LogP contribution in [0.25, 0.3) is 0 Å². The average molecular weight is 339 g/mol. The summed E-state index contributed by atoms with van der Waals surface area (Å²) in [6, 6.07) is 1.91. The van der Waals surface area contributed by atoms with Gasteiger partial charge in [-0.2, -0.15) is 5.26 Å². The lowest BCUT2D eigenvalue weighted by molar-refractivity contribution is -0.192. The van der Waals surface area contributed by atoms with E-state index in [-0.39, 0.29) is 25.2 Å². The van der Waals surface area contributed by atoms with E-state index in [1.807, 2.05) is 6.07 Å². The molecule has 24 heavy (non-hydrogen) atoms. The first-order valence-electron chi connectivity index (χ1n) is 7.72. The molecule has 2 saturated heterocycles. The predicted molar refractivity (Wildman–Crippen MR) is 78.3 cm³/mol. The van der Waals surface area contributed by atoms with E-state index in [0.29, 0.717) is 0 Å². The lowest BCUT2D eigenvalue weighted by Gasteiger charge is -2.25. The van der Waals surface area contributed by atoms with Crippen molar-refractivity contribution in [2.45, 2.75) is 64.6 Å². The summed E-state index contributed by atoms with van der Waals surface area (Å²) in [6.45, 7) is 5.84. The van der Waals surface area contributed by atoms with Crippen molar-refractivity contribution in [1.29, 1.82) is 5.26 Å². The van der Waals surface area contributed by atoms with Gasteiger partial charge in [0.1, 0.15) is 23.9 Å². The van der Waals surface area contributed by atoms with Crippen LogP contribution in [-0.2, 0) is 33.3 Å². The minimum Gasteiger partial charge on any atom is -0.461 e. The maximum Gasteiger partial charge on any atom is 0.338 e. The molecule has 4 atom stereocenters. The van der Waals surface area contributed by atoms with Crippen LogP contribution in [0.4, 0.5) is 0 Å². The van der Waals surface area contributed by atoms with Gasteiger partial charge in [0, 0.05) is 6.42 Å². The number of fused-ring (bicyclic) bond motifs is 1. The average Bonchev–Trinajstić information content (AvgIpc) is 2.96. The van der Waals surface area contributed by atoms with E-state index in [9.17, 15) is 14.4 Å². The van der Waals surface area contributed by atoms with Crippen LogP contribution < -0.4 is 0 Å². The molecule has 0 radical (unpaired) electrons. The van der Waals surface area contributed by atoms with Crippen molar-refractivity contribution in [2.24, 2.45) is 5.41 Å². The zero-order valence-corrected chi connectivity index (χ0v) is 14.2. The molecular weight excluding hydrogens is 318 g/mol. The van der Waals surface area contributed by atoms with Crippen molar-refractivity contribution in [3.8, 4) is 6.07 Å². The monoisotopic (exact) mass is 339 g/mol. The summed E-state index contributed by atoms with van der Waals surface area (Å²) < 4.78 is 21.4. The molecule has 8 nitrogen and oxygen atoms in total. The first-order valence-corrected chi connectivity index (χ1v) is 7.72. The first-order chi connectivity index (χ1) is 11.1. The van der Waals surface area contributed by atoms with Crippen molar-refractivity contribution in [2.75, 3.05) is 6.61 Å². The second-order valence-corrected chi connectivity index (χ2v) is 6.64. The van der Waals surface area contributed by atoms with E-state index in [0.717, 1.165) is 0 Å². The Bertz CT molecular complexity index is 594. The number of rotatable bonds is 6. The summed E-state index contributed by atoms with van der Waals surface area (Å²) in [6.07, 6.45) is -2.18. The number of Topliss-reactive ketones (excluding diaryl/α,β-unsaturated/α-hetero) is 1. The molecule has 2 aliphatic rings. The van der Waals surface area contributed by atoms with Crippen LogP contribution in [-0.4, -0.2) is 48.4 Å². The van der Waals surface area contributed by atoms with Gasteiger partial charge in [-0.15, -0.1) is 0 Å². The van der Waals surface area contributed by atoms with E-state index in [1.54, 1.807) is 13.8 Å². The van der Waals surface area contributed by atoms with Crippen LogP contribution in [0.5, 0.6) is 0 Å². The Labute approximate surface area is 140 Å². The van der Waals surface area contributed by atoms with Crippen LogP contribution >= 0.6 is 0 Å². The van der Waals surface area contributed by atoms with Crippen molar-refractivity contribution < 1.29 is 33.3 Å². The number of hydrogen-bond donors (Lipinski definition) is 0. The summed E-state index contributed by atoms with van der Waals surface area (Å²) in [4.78, 5) is 35.9. The zero-order chi connectivity index (χ0) is 18.1. The van der Waals surface area contributed by atoms with Crippen molar-refractivity contribution in [3.05, 3.63) is 0 Å². The van der Waals surface area contributed by atoms with Gasteiger partial charge >= 0.3 is 11.9 Å². The zero-order valence-electron chi connectivity index (χ0n) is 14.2. The highest BCUT2D eigenvalue weighted by Crippen LogP contribution is 2.36. The molecular formula is C16H21NO7. The van der Waals surface area contributed by atoms with E-state index in [1.165, 1.54) is 13.8 Å². The van der Waals surface area contributed by atoms with Gasteiger partial charge in [0.2, 0.25) is 0 Å². The molecule has 0 aromatic heterocycles. The number of ketones is 1. The SMILES string of the molecule is CC(=O)[C@](C)(CCC#N)C(=O)OC[C@H]1OC(=O)[C@@H]2OC(C)(C)O[C@H]12. The van der Waals surface area contributed by atoms with Crippen LogP contribution in [0.3, 0.4) is 0 Å². The Hall–Kier alpha value is -1.98. The highest BCUT2D eigenvalue weighted by atomic mass is 16.8. The van der Waals surface area contributed by atoms with E-state index in [2.05, 4.69) is 0 Å². The molecule has 2 fully saturated rings. The smallest absolute Gasteiger partial charge is 0.338 e. The summed E-state index contributed by atoms with van der Waals surface area (Å²) in [7, 11) is 0. The minimum absolute atomic E-state index is 0.0550. The maximum atomic E-state index is 12.3. The van der Waals surface area contributed by atoms with Gasteiger partial charge in [-0.25, -0.2) is 4.79 Å². The molecule has 0 bridgehead atoms. The largest absolute Gasteiger partial charge is 0.461 e. The second-order valence-electron chi connectivity index (χ2n) is 6.64. The number of esters is 2. The van der Waals surface area contributed by atoms with E-state index in [4.69, 9.17) is 24.2 Å². The Kier molecular flexibility index (Phi) is 4.97. The van der Waals surface area contributed by atoms with Crippen molar-refractivity contribution in [3.63, 3.8) is 0 Å². The molecule has 0 spiro atoms. The third kappa shape index (κ3) is 3.42. The van der Waals surface area contributed by atoms with Gasteiger partial charge in [-0.3, -0.25) is 9.59 Å². The van der Waals surface area contributed by atoms with Gasteiger partial charge in [-0.1, -0.05) is 0 Å². The number of hydrogen-bond acceptors (Lipinski definition) is 8. The third-order valence-electron chi connectivity index (χ3n) is 4.34. The number of nitrogens with zero attached hydrogens (tertiary/aromatic N) is 1.